The van der Waals surface area contributed by atoms with Crippen LogP contribution in [0.1, 0.15) is 5.56 Å². The predicted octanol–water partition coefficient (Wildman–Crippen LogP) is 5.26. The molecular formula is C22H17NO3S2. The molecule has 1 aliphatic rings. The Bertz CT molecular complexity index is 1120. The monoisotopic (exact) mass is 407 g/mol. The number of ether oxygens (including phenoxy) is 2. The van der Waals surface area contributed by atoms with Crippen molar-refractivity contribution < 1.29 is 14.3 Å². The first-order chi connectivity index (χ1) is 13.6. The molecule has 1 saturated heterocycles. The van der Waals surface area contributed by atoms with Gasteiger partial charge in [-0.1, -0.05) is 60.4 Å². The van der Waals surface area contributed by atoms with E-state index in [9.17, 15) is 4.79 Å². The summed E-state index contributed by atoms with van der Waals surface area (Å²) in [7, 11) is 3.19. The number of amides is 1. The van der Waals surface area contributed by atoms with Gasteiger partial charge < -0.3 is 9.47 Å². The molecule has 0 radical (unpaired) electrons. The Balaban J connectivity index is 1.75. The molecule has 1 heterocycles. The third-order valence-corrected chi connectivity index (χ3v) is 5.83. The van der Waals surface area contributed by atoms with Crippen molar-refractivity contribution in [2.75, 3.05) is 19.1 Å². The zero-order chi connectivity index (χ0) is 19.7. The molecular weight excluding hydrogens is 390 g/mol. The number of thioether (sulfide) groups is 1. The molecule has 28 heavy (non-hydrogen) atoms. The number of benzene rings is 3. The standard InChI is InChI=1S/C22H17NO3S2/c1-25-16-11-10-15(19(13-16)26-2)12-20-21(24)23(22(27)28-20)18-9-5-7-14-6-3-4-8-17(14)18/h3-13H,1-2H3. The van der Waals surface area contributed by atoms with Gasteiger partial charge in [0.25, 0.3) is 5.91 Å². The highest BCUT2D eigenvalue weighted by Crippen LogP contribution is 2.40. The maximum absolute atomic E-state index is 13.2. The SMILES string of the molecule is COc1ccc(C=C2SC(=S)N(c3cccc4ccccc34)C2=O)c(OC)c1. The minimum atomic E-state index is -0.135. The quantitative estimate of drug-likeness (QED) is 0.436. The summed E-state index contributed by atoms with van der Waals surface area (Å²) >= 11 is 6.82. The second kappa shape index (κ2) is 7.66. The molecule has 3 aromatic rings. The molecule has 3 aromatic carbocycles. The molecule has 0 atom stereocenters. The Morgan fingerprint density at radius 1 is 1.00 bits per heavy atom. The number of anilines is 1. The van der Waals surface area contributed by atoms with Crippen LogP contribution in [0.2, 0.25) is 0 Å². The van der Waals surface area contributed by atoms with Gasteiger partial charge in [0, 0.05) is 17.0 Å². The fourth-order valence-electron chi connectivity index (χ4n) is 3.16. The summed E-state index contributed by atoms with van der Waals surface area (Å²) in [4.78, 5) is 15.3. The van der Waals surface area contributed by atoms with Gasteiger partial charge in [0.1, 0.15) is 11.5 Å². The van der Waals surface area contributed by atoms with Gasteiger partial charge in [-0.25, -0.2) is 0 Å². The highest BCUT2D eigenvalue weighted by atomic mass is 32.2. The first-order valence-corrected chi connectivity index (χ1v) is 9.82. The Hall–Kier alpha value is -2.83. The van der Waals surface area contributed by atoms with Gasteiger partial charge in [-0.3, -0.25) is 9.69 Å². The van der Waals surface area contributed by atoms with Gasteiger partial charge in [0.15, 0.2) is 4.32 Å². The smallest absolute Gasteiger partial charge is 0.270 e. The molecule has 0 aromatic heterocycles. The second-order valence-electron chi connectivity index (χ2n) is 6.12. The van der Waals surface area contributed by atoms with Crippen molar-refractivity contribution in [3.05, 3.63) is 71.1 Å². The van der Waals surface area contributed by atoms with E-state index in [-0.39, 0.29) is 5.91 Å². The Labute approximate surface area is 172 Å². The highest BCUT2D eigenvalue weighted by Gasteiger charge is 2.34. The van der Waals surface area contributed by atoms with E-state index >= 15 is 0 Å². The van der Waals surface area contributed by atoms with Crippen molar-refractivity contribution in [2.24, 2.45) is 0 Å². The number of carbonyl (C=O) groups is 1. The summed E-state index contributed by atoms with van der Waals surface area (Å²) in [5.74, 6) is 1.19. The zero-order valence-corrected chi connectivity index (χ0v) is 17.0. The van der Waals surface area contributed by atoms with Crippen LogP contribution in [0, 0.1) is 0 Å². The second-order valence-corrected chi connectivity index (χ2v) is 7.80. The maximum Gasteiger partial charge on any atom is 0.270 e. The summed E-state index contributed by atoms with van der Waals surface area (Å²) < 4.78 is 11.2. The van der Waals surface area contributed by atoms with Crippen LogP contribution in [0.3, 0.4) is 0 Å². The van der Waals surface area contributed by atoms with Crippen LogP contribution in [-0.4, -0.2) is 24.4 Å². The number of hydrogen-bond acceptors (Lipinski definition) is 5. The lowest BCUT2D eigenvalue weighted by molar-refractivity contribution is -0.113. The van der Waals surface area contributed by atoms with E-state index in [1.54, 1.807) is 25.2 Å². The van der Waals surface area contributed by atoms with Crippen molar-refractivity contribution in [2.45, 2.75) is 0 Å². The fourth-order valence-corrected chi connectivity index (χ4v) is 4.43. The molecule has 1 amide bonds. The average Bonchev–Trinajstić information content (AvgIpc) is 3.00. The van der Waals surface area contributed by atoms with E-state index in [4.69, 9.17) is 21.7 Å². The largest absolute Gasteiger partial charge is 0.497 e. The van der Waals surface area contributed by atoms with Crippen LogP contribution in [0.5, 0.6) is 11.5 Å². The van der Waals surface area contributed by atoms with Crippen molar-refractivity contribution >= 4 is 56.7 Å². The maximum atomic E-state index is 13.2. The van der Waals surface area contributed by atoms with E-state index in [0.717, 1.165) is 22.0 Å². The third-order valence-electron chi connectivity index (χ3n) is 4.53. The first-order valence-electron chi connectivity index (χ1n) is 8.60. The van der Waals surface area contributed by atoms with Gasteiger partial charge in [0.05, 0.1) is 24.8 Å². The topological polar surface area (TPSA) is 38.8 Å². The number of nitrogens with zero attached hydrogens (tertiary/aromatic N) is 1. The lowest BCUT2D eigenvalue weighted by Gasteiger charge is -2.17. The van der Waals surface area contributed by atoms with Crippen LogP contribution < -0.4 is 14.4 Å². The highest BCUT2D eigenvalue weighted by molar-refractivity contribution is 8.27. The fraction of sp³-hybridized carbons (Fsp3) is 0.0909. The van der Waals surface area contributed by atoms with Crippen LogP contribution in [0.25, 0.3) is 16.8 Å². The van der Waals surface area contributed by atoms with Crippen molar-refractivity contribution in [1.29, 1.82) is 0 Å². The van der Waals surface area contributed by atoms with Crippen LogP contribution in [0.4, 0.5) is 5.69 Å². The molecule has 4 rings (SSSR count). The number of thiocarbonyl (C=S) groups is 1. The summed E-state index contributed by atoms with van der Waals surface area (Å²) in [6.07, 6.45) is 1.81. The van der Waals surface area contributed by atoms with E-state index in [0.29, 0.717) is 20.7 Å². The summed E-state index contributed by atoms with van der Waals surface area (Å²) in [5, 5.41) is 2.06. The van der Waals surface area contributed by atoms with E-state index in [1.165, 1.54) is 11.8 Å². The Morgan fingerprint density at radius 2 is 1.79 bits per heavy atom. The lowest BCUT2D eigenvalue weighted by atomic mass is 10.1. The van der Waals surface area contributed by atoms with Gasteiger partial charge in [-0.2, -0.15) is 0 Å². The molecule has 0 saturated carbocycles. The number of rotatable bonds is 4. The van der Waals surface area contributed by atoms with Gasteiger partial charge in [-0.15, -0.1) is 0 Å². The first kappa shape index (κ1) is 18.5. The molecule has 1 aliphatic heterocycles. The third kappa shape index (κ3) is 3.25. The lowest BCUT2D eigenvalue weighted by Crippen LogP contribution is -2.27. The number of methoxy groups -OCH3 is 2. The zero-order valence-electron chi connectivity index (χ0n) is 15.3. The van der Waals surface area contributed by atoms with Crippen molar-refractivity contribution in [3.8, 4) is 11.5 Å². The van der Waals surface area contributed by atoms with E-state index < -0.39 is 0 Å². The van der Waals surface area contributed by atoms with Crippen molar-refractivity contribution in [3.63, 3.8) is 0 Å². The predicted molar refractivity (Wildman–Crippen MR) is 119 cm³/mol. The minimum Gasteiger partial charge on any atom is -0.497 e. The van der Waals surface area contributed by atoms with Crippen molar-refractivity contribution in [1.82, 2.24) is 0 Å². The molecule has 0 N–H and O–H groups in total. The summed E-state index contributed by atoms with van der Waals surface area (Å²) in [6.45, 7) is 0. The molecule has 0 spiro atoms. The Kier molecular flexibility index (Phi) is 5.07. The normalized spacial score (nSPS) is 15.5. The molecule has 140 valence electrons. The van der Waals surface area contributed by atoms with Crippen LogP contribution >= 0.6 is 24.0 Å². The van der Waals surface area contributed by atoms with Crippen LogP contribution in [-0.2, 0) is 4.79 Å². The van der Waals surface area contributed by atoms with E-state index in [2.05, 4.69) is 0 Å². The van der Waals surface area contributed by atoms with Gasteiger partial charge in [-0.05, 0) is 29.7 Å². The molecule has 4 nitrogen and oxygen atoms in total. The summed E-state index contributed by atoms with van der Waals surface area (Å²) in [6, 6.07) is 19.3. The molecule has 1 fully saturated rings. The molecule has 0 aliphatic carbocycles. The molecule has 6 heteroatoms. The summed E-state index contributed by atoms with van der Waals surface area (Å²) in [5.41, 5.74) is 1.59. The molecule has 0 bridgehead atoms. The number of hydrogen-bond donors (Lipinski definition) is 0. The minimum absolute atomic E-state index is 0.135. The number of carbonyl (C=O) groups excluding carboxylic acids is 1. The number of fused-ring (bicyclic) bond motifs is 1. The van der Waals surface area contributed by atoms with E-state index in [1.807, 2.05) is 60.7 Å². The average molecular weight is 408 g/mol. The molecule has 0 unspecified atom stereocenters. The van der Waals surface area contributed by atoms with Gasteiger partial charge >= 0.3 is 0 Å². The van der Waals surface area contributed by atoms with Gasteiger partial charge in [0.2, 0.25) is 0 Å². The van der Waals surface area contributed by atoms with Crippen LogP contribution in [0.15, 0.2) is 65.6 Å². The Morgan fingerprint density at radius 3 is 2.57 bits per heavy atom.